The number of para-hydroxylation sites is 1. The van der Waals surface area contributed by atoms with Crippen LogP contribution in [0.1, 0.15) is 64.7 Å². The Morgan fingerprint density at radius 3 is 1.94 bits per heavy atom. The van der Waals surface area contributed by atoms with Crippen LogP contribution in [0, 0.1) is 0 Å². The highest BCUT2D eigenvalue weighted by atomic mass is 16.5. The molecule has 0 aliphatic heterocycles. The molecular weight excluding hydrogens is 446 g/mol. The molecule has 2 aromatic rings. The summed E-state index contributed by atoms with van der Waals surface area (Å²) in [5.41, 5.74) is 2.30. The van der Waals surface area contributed by atoms with Crippen molar-refractivity contribution in [3.63, 3.8) is 0 Å². The number of aromatic hydroxyl groups is 1. The predicted octanol–water partition coefficient (Wildman–Crippen LogP) is 4.49. The summed E-state index contributed by atoms with van der Waals surface area (Å²) in [7, 11) is 3.06. The van der Waals surface area contributed by atoms with E-state index in [0.717, 1.165) is 16.7 Å². The summed E-state index contributed by atoms with van der Waals surface area (Å²) in [5, 5.41) is 23.9. The Morgan fingerprint density at radius 1 is 0.971 bits per heavy atom. The Balaban J connectivity index is 1.96. The van der Waals surface area contributed by atoms with Gasteiger partial charge in [0.05, 0.1) is 14.2 Å². The fraction of sp³-hybridized carbons (Fsp3) is 0.536. The molecule has 0 saturated carbocycles. The summed E-state index contributed by atoms with van der Waals surface area (Å²) in [5.74, 6) is 1.56. The number of phenols is 1. The fourth-order valence-electron chi connectivity index (χ4n) is 3.76. The number of aliphatic hydroxyl groups is 1. The number of amides is 1. The molecule has 2 aromatic carbocycles. The summed E-state index contributed by atoms with van der Waals surface area (Å²) in [4.78, 5) is 12.5. The van der Waals surface area contributed by atoms with Gasteiger partial charge >= 0.3 is 0 Å². The monoisotopic (exact) mass is 487 g/mol. The molecule has 1 unspecified atom stereocenters. The molecule has 35 heavy (non-hydrogen) atoms. The van der Waals surface area contributed by atoms with Crippen LogP contribution in [-0.4, -0.2) is 49.6 Å². The molecule has 1 amide bonds. The Morgan fingerprint density at radius 2 is 1.49 bits per heavy atom. The lowest BCUT2D eigenvalue weighted by molar-refractivity contribution is -0.121. The molecule has 0 aliphatic rings. The zero-order chi connectivity index (χ0) is 26.4. The molecular formula is C28H41NO6. The number of hydrogen-bond acceptors (Lipinski definition) is 6. The van der Waals surface area contributed by atoms with Crippen molar-refractivity contribution in [2.45, 2.75) is 71.3 Å². The number of ether oxygens (including phenoxy) is 3. The maximum Gasteiger partial charge on any atom is 0.220 e. The van der Waals surface area contributed by atoms with Gasteiger partial charge in [-0.15, -0.1) is 0 Å². The van der Waals surface area contributed by atoms with Crippen molar-refractivity contribution in [3.05, 3.63) is 47.0 Å². The fourth-order valence-corrected chi connectivity index (χ4v) is 3.76. The molecule has 0 radical (unpaired) electrons. The van der Waals surface area contributed by atoms with Crippen LogP contribution in [0.4, 0.5) is 0 Å². The highest BCUT2D eigenvalue weighted by Gasteiger charge is 2.26. The first kappa shape index (κ1) is 28.3. The number of benzene rings is 2. The normalized spacial score (nSPS) is 12.7. The Hall–Kier alpha value is -2.93. The lowest BCUT2D eigenvalue weighted by Crippen LogP contribution is -2.35. The molecule has 0 fully saturated rings. The first-order valence-corrected chi connectivity index (χ1v) is 11.9. The van der Waals surface area contributed by atoms with Gasteiger partial charge in [0.15, 0.2) is 11.5 Å². The summed E-state index contributed by atoms with van der Waals surface area (Å²) >= 11 is 0. The van der Waals surface area contributed by atoms with Gasteiger partial charge in [0.2, 0.25) is 11.7 Å². The lowest BCUT2D eigenvalue weighted by Gasteiger charge is -2.28. The minimum Gasteiger partial charge on any atom is -0.507 e. The maximum atomic E-state index is 12.5. The van der Waals surface area contributed by atoms with Gasteiger partial charge in [0.25, 0.3) is 0 Å². The third kappa shape index (κ3) is 7.79. The summed E-state index contributed by atoms with van der Waals surface area (Å²) in [6, 6.07) is 9.24. The van der Waals surface area contributed by atoms with Crippen molar-refractivity contribution in [1.82, 2.24) is 5.32 Å². The molecule has 0 saturated heterocycles. The van der Waals surface area contributed by atoms with Crippen LogP contribution >= 0.6 is 0 Å². The molecule has 0 aromatic heterocycles. The molecule has 0 bridgehead atoms. The van der Waals surface area contributed by atoms with Crippen molar-refractivity contribution < 1.29 is 29.2 Å². The van der Waals surface area contributed by atoms with Gasteiger partial charge in [0, 0.05) is 13.0 Å². The molecule has 1 atom stereocenters. The van der Waals surface area contributed by atoms with Gasteiger partial charge in [-0.1, -0.05) is 59.7 Å². The minimum atomic E-state index is -0.901. The number of carbonyl (C=O) groups is 1. The van der Waals surface area contributed by atoms with Crippen LogP contribution in [0.15, 0.2) is 30.3 Å². The van der Waals surface area contributed by atoms with Gasteiger partial charge in [-0.25, -0.2) is 0 Å². The van der Waals surface area contributed by atoms with Crippen molar-refractivity contribution in [3.8, 4) is 23.0 Å². The second-order valence-corrected chi connectivity index (χ2v) is 10.8. The molecule has 3 N–H and O–H groups in total. The van der Waals surface area contributed by atoms with Gasteiger partial charge in [-0.05, 0) is 46.1 Å². The van der Waals surface area contributed by atoms with Crippen molar-refractivity contribution in [2.24, 2.45) is 0 Å². The summed E-state index contributed by atoms with van der Waals surface area (Å²) in [6.45, 7) is 12.4. The number of methoxy groups -OCH3 is 2. The second-order valence-electron chi connectivity index (χ2n) is 10.8. The van der Waals surface area contributed by atoms with Crippen LogP contribution in [0.5, 0.6) is 23.0 Å². The van der Waals surface area contributed by atoms with E-state index < -0.39 is 6.10 Å². The first-order chi connectivity index (χ1) is 16.3. The number of phenolic OH excluding ortho intramolecular Hbond substituents is 1. The highest BCUT2D eigenvalue weighted by molar-refractivity contribution is 5.76. The van der Waals surface area contributed by atoms with Crippen LogP contribution in [0.25, 0.3) is 0 Å². The summed E-state index contributed by atoms with van der Waals surface area (Å²) < 4.78 is 16.3. The second kappa shape index (κ2) is 11.7. The molecule has 0 heterocycles. The summed E-state index contributed by atoms with van der Waals surface area (Å²) in [6.07, 6.45) is -0.1000. The highest BCUT2D eigenvalue weighted by Crippen LogP contribution is 2.40. The van der Waals surface area contributed by atoms with E-state index in [0.29, 0.717) is 29.4 Å². The van der Waals surface area contributed by atoms with E-state index in [2.05, 4.69) is 46.9 Å². The smallest absolute Gasteiger partial charge is 0.220 e. The van der Waals surface area contributed by atoms with Crippen LogP contribution in [0.2, 0.25) is 0 Å². The number of nitrogens with one attached hydrogen (secondary N) is 1. The van der Waals surface area contributed by atoms with Crippen LogP contribution < -0.4 is 19.5 Å². The van der Waals surface area contributed by atoms with E-state index in [1.165, 1.54) is 14.2 Å². The van der Waals surface area contributed by atoms with E-state index in [9.17, 15) is 15.0 Å². The third-order valence-electron chi connectivity index (χ3n) is 5.76. The van der Waals surface area contributed by atoms with Gasteiger partial charge in [-0.2, -0.15) is 0 Å². The molecule has 2 rings (SSSR count). The van der Waals surface area contributed by atoms with E-state index >= 15 is 0 Å². The van der Waals surface area contributed by atoms with Crippen LogP contribution in [-0.2, 0) is 22.0 Å². The Kier molecular flexibility index (Phi) is 9.44. The molecule has 7 heteroatoms. The van der Waals surface area contributed by atoms with E-state index in [4.69, 9.17) is 14.2 Å². The van der Waals surface area contributed by atoms with Crippen molar-refractivity contribution >= 4 is 5.91 Å². The van der Waals surface area contributed by atoms with E-state index in [1.807, 2.05) is 12.1 Å². The predicted molar refractivity (Wildman–Crippen MR) is 138 cm³/mol. The number of hydrogen-bond donors (Lipinski definition) is 3. The zero-order valence-corrected chi connectivity index (χ0v) is 22.3. The average Bonchev–Trinajstić information content (AvgIpc) is 2.78. The quantitative estimate of drug-likeness (QED) is 0.457. The molecule has 194 valence electrons. The SMILES string of the molecule is COc1cccc(OC)c1OCC(O)CNC(=O)CCc1cc(C(C)(C)C)c(O)c(C(C)(C)C)c1. The molecule has 7 nitrogen and oxygen atoms in total. The Bertz CT molecular complexity index is 946. The number of carbonyl (C=O) groups excluding carboxylic acids is 1. The minimum absolute atomic E-state index is 0.0289. The Labute approximate surface area is 209 Å². The largest absolute Gasteiger partial charge is 0.507 e. The molecule has 0 aliphatic carbocycles. The number of rotatable bonds is 10. The zero-order valence-electron chi connectivity index (χ0n) is 22.3. The van der Waals surface area contributed by atoms with Gasteiger partial charge in [0.1, 0.15) is 18.5 Å². The standard InChI is InChI=1S/C28H41NO6/c1-27(2,3)20-14-18(15-21(25(20)32)28(4,5)6)12-13-24(31)29-16-19(30)17-35-26-22(33-7)10-9-11-23(26)34-8/h9-11,14-15,19,30,32H,12-13,16-17H2,1-8H3,(H,29,31). The van der Waals surface area contributed by atoms with Gasteiger partial charge in [-0.3, -0.25) is 4.79 Å². The van der Waals surface area contributed by atoms with E-state index in [-0.39, 0.29) is 36.3 Å². The third-order valence-corrected chi connectivity index (χ3v) is 5.76. The van der Waals surface area contributed by atoms with Crippen molar-refractivity contribution in [1.29, 1.82) is 0 Å². The topological polar surface area (TPSA) is 97.3 Å². The maximum absolute atomic E-state index is 12.5. The van der Waals surface area contributed by atoms with E-state index in [1.54, 1.807) is 18.2 Å². The number of aryl methyl sites for hydroxylation is 1. The molecule has 0 spiro atoms. The number of aliphatic hydroxyl groups excluding tert-OH is 1. The van der Waals surface area contributed by atoms with Gasteiger partial charge < -0.3 is 29.7 Å². The van der Waals surface area contributed by atoms with Crippen molar-refractivity contribution in [2.75, 3.05) is 27.4 Å². The average molecular weight is 488 g/mol. The lowest BCUT2D eigenvalue weighted by atomic mass is 9.78. The van der Waals surface area contributed by atoms with Crippen LogP contribution in [0.3, 0.4) is 0 Å². The first-order valence-electron chi connectivity index (χ1n) is 11.9.